The predicted molar refractivity (Wildman–Crippen MR) is 101 cm³/mol. The molecule has 7 nitrogen and oxygen atoms in total. The van der Waals surface area contributed by atoms with Gasteiger partial charge >= 0.3 is 6.09 Å². The molecule has 5 rings (SSSR count). The highest BCUT2D eigenvalue weighted by Crippen LogP contribution is 2.41. The number of fused-ring (bicyclic) bond motifs is 3. The summed E-state index contributed by atoms with van der Waals surface area (Å²) in [6.07, 6.45) is 4.31. The van der Waals surface area contributed by atoms with Crippen LogP contribution in [-0.4, -0.2) is 46.6 Å². The molecule has 28 heavy (non-hydrogen) atoms. The lowest BCUT2D eigenvalue weighted by Crippen LogP contribution is -2.45. The number of ether oxygens (including phenoxy) is 2. The normalized spacial score (nSPS) is 25.1. The maximum Gasteiger partial charge on any atom is 0.415 e. The van der Waals surface area contributed by atoms with E-state index in [4.69, 9.17) is 9.47 Å². The van der Waals surface area contributed by atoms with Gasteiger partial charge in [-0.2, -0.15) is 0 Å². The van der Waals surface area contributed by atoms with E-state index >= 15 is 0 Å². The van der Waals surface area contributed by atoms with Gasteiger partial charge in [-0.1, -0.05) is 25.0 Å². The minimum atomic E-state index is -0.800. The fourth-order valence-corrected chi connectivity index (χ4v) is 4.42. The summed E-state index contributed by atoms with van der Waals surface area (Å²) in [5, 5.41) is 20.1. The van der Waals surface area contributed by atoms with Crippen molar-refractivity contribution in [2.45, 2.75) is 43.4 Å². The Morgan fingerprint density at radius 1 is 1.18 bits per heavy atom. The minimum absolute atomic E-state index is 0.228. The number of rotatable bonds is 3. The molecule has 0 bridgehead atoms. The average Bonchev–Trinajstić information content (AvgIpc) is 3.32. The van der Waals surface area contributed by atoms with Crippen LogP contribution in [-0.2, 0) is 10.3 Å². The van der Waals surface area contributed by atoms with Crippen LogP contribution in [0.5, 0.6) is 5.75 Å². The van der Waals surface area contributed by atoms with E-state index in [2.05, 4.69) is 4.98 Å². The van der Waals surface area contributed by atoms with Crippen LogP contribution in [0.2, 0.25) is 0 Å². The number of nitrogens with zero attached hydrogens (tertiary/aromatic N) is 2. The van der Waals surface area contributed by atoms with Gasteiger partial charge in [-0.05, 0) is 36.6 Å². The molecule has 1 saturated heterocycles. The van der Waals surface area contributed by atoms with Crippen molar-refractivity contribution in [2.75, 3.05) is 18.1 Å². The van der Waals surface area contributed by atoms with E-state index in [0.717, 1.165) is 42.5 Å². The predicted octanol–water partition coefficient (Wildman–Crippen LogP) is 2.59. The van der Waals surface area contributed by atoms with Crippen LogP contribution in [0, 0.1) is 0 Å². The number of benzene rings is 1. The zero-order valence-electron chi connectivity index (χ0n) is 15.4. The van der Waals surface area contributed by atoms with Crippen molar-refractivity contribution in [2.24, 2.45) is 0 Å². The Morgan fingerprint density at radius 3 is 2.68 bits per heavy atom. The molecule has 146 valence electrons. The van der Waals surface area contributed by atoms with Crippen molar-refractivity contribution in [1.82, 2.24) is 4.98 Å². The molecule has 3 heterocycles. The second kappa shape index (κ2) is 6.46. The van der Waals surface area contributed by atoms with Crippen molar-refractivity contribution in [1.29, 1.82) is 0 Å². The molecule has 0 radical (unpaired) electrons. The molecule has 1 aliphatic carbocycles. The first-order valence-electron chi connectivity index (χ1n) is 9.66. The zero-order chi connectivity index (χ0) is 19.3. The molecular weight excluding hydrogens is 360 g/mol. The van der Waals surface area contributed by atoms with Crippen LogP contribution in [0.1, 0.15) is 31.4 Å². The first-order chi connectivity index (χ1) is 13.6. The van der Waals surface area contributed by atoms with E-state index < -0.39 is 17.8 Å². The lowest BCUT2D eigenvalue weighted by atomic mass is 9.96. The lowest BCUT2D eigenvalue weighted by molar-refractivity contribution is 0.0400. The van der Waals surface area contributed by atoms with Gasteiger partial charge in [0.2, 0.25) is 0 Å². The average molecular weight is 382 g/mol. The molecule has 0 unspecified atom stereocenters. The maximum absolute atomic E-state index is 12.2. The molecule has 2 aliphatic heterocycles. The van der Waals surface area contributed by atoms with Crippen molar-refractivity contribution in [3.63, 3.8) is 0 Å². The second-order valence-corrected chi connectivity index (χ2v) is 7.71. The molecule has 3 aliphatic rings. The van der Waals surface area contributed by atoms with Gasteiger partial charge in [-0.15, -0.1) is 0 Å². The molecule has 0 spiro atoms. The molecule has 1 aromatic carbocycles. The van der Waals surface area contributed by atoms with Gasteiger partial charge in [-0.3, -0.25) is 9.88 Å². The highest BCUT2D eigenvalue weighted by atomic mass is 16.6. The Labute approximate surface area is 162 Å². The topological polar surface area (TPSA) is 92.1 Å². The molecule has 2 atom stereocenters. The van der Waals surface area contributed by atoms with Crippen LogP contribution in [0.3, 0.4) is 0 Å². The summed E-state index contributed by atoms with van der Waals surface area (Å²) in [6.45, 7) is 0.0473. The number of amides is 1. The number of hydrogen-bond acceptors (Lipinski definition) is 6. The maximum atomic E-state index is 12.2. The molecule has 1 aromatic heterocycles. The van der Waals surface area contributed by atoms with Gasteiger partial charge in [-0.25, -0.2) is 4.79 Å². The Bertz CT molecular complexity index is 908. The smallest absolute Gasteiger partial charge is 0.415 e. The van der Waals surface area contributed by atoms with Gasteiger partial charge in [0.25, 0.3) is 0 Å². The van der Waals surface area contributed by atoms with Crippen LogP contribution in [0.25, 0.3) is 11.1 Å². The van der Waals surface area contributed by atoms with E-state index in [1.165, 1.54) is 0 Å². The number of pyridine rings is 1. The van der Waals surface area contributed by atoms with Gasteiger partial charge in [0.1, 0.15) is 24.0 Å². The summed E-state index contributed by atoms with van der Waals surface area (Å²) in [4.78, 5) is 18.3. The van der Waals surface area contributed by atoms with E-state index in [1.807, 2.05) is 30.3 Å². The Morgan fingerprint density at radius 2 is 1.96 bits per heavy atom. The highest BCUT2D eigenvalue weighted by molar-refractivity contribution is 5.94. The number of cyclic esters (lactones) is 1. The molecule has 7 heteroatoms. The van der Waals surface area contributed by atoms with Crippen molar-refractivity contribution in [3.8, 4) is 16.9 Å². The van der Waals surface area contributed by atoms with Crippen molar-refractivity contribution >= 4 is 11.8 Å². The van der Waals surface area contributed by atoms with Crippen molar-refractivity contribution in [3.05, 3.63) is 42.2 Å². The molecule has 1 saturated carbocycles. The number of aliphatic hydroxyl groups excluding tert-OH is 1. The number of hydrogen-bond donors (Lipinski definition) is 2. The molecule has 2 aromatic rings. The van der Waals surface area contributed by atoms with Gasteiger partial charge < -0.3 is 19.7 Å². The standard InChI is InChI=1S/C21H22N2O5/c24-11-18-16-12-27-17-9-13(3-5-15(17)23(16)20(25)28-18)14-4-6-19(22-10-14)21(26)7-1-2-8-21/h3-6,9-10,16,18,24,26H,1-2,7-8,11-12H2/t16-,18-/m0/s1. The summed E-state index contributed by atoms with van der Waals surface area (Å²) in [5.74, 6) is 0.600. The third-order valence-corrected chi connectivity index (χ3v) is 6.02. The summed E-state index contributed by atoms with van der Waals surface area (Å²) in [6, 6.07) is 9.15. The monoisotopic (exact) mass is 382 g/mol. The molecule has 1 amide bonds. The van der Waals surface area contributed by atoms with Crippen LogP contribution < -0.4 is 9.64 Å². The zero-order valence-corrected chi connectivity index (χ0v) is 15.4. The largest absolute Gasteiger partial charge is 0.489 e. The van der Waals surface area contributed by atoms with Crippen LogP contribution in [0.4, 0.5) is 10.5 Å². The summed E-state index contributed by atoms with van der Waals surface area (Å²) in [7, 11) is 0. The third kappa shape index (κ3) is 2.65. The lowest BCUT2D eigenvalue weighted by Gasteiger charge is -2.31. The van der Waals surface area contributed by atoms with Gasteiger partial charge in [0.05, 0.1) is 18.0 Å². The second-order valence-electron chi connectivity index (χ2n) is 7.71. The quantitative estimate of drug-likeness (QED) is 0.848. The summed E-state index contributed by atoms with van der Waals surface area (Å²) in [5.41, 5.74) is 2.40. The first kappa shape index (κ1) is 17.5. The fraction of sp³-hybridized carbons (Fsp3) is 0.429. The molecule has 2 fully saturated rings. The van der Waals surface area contributed by atoms with Gasteiger partial charge in [0.15, 0.2) is 6.10 Å². The number of aromatic nitrogens is 1. The third-order valence-electron chi connectivity index (χ3n) is 6.02. The SMILES string of the molecule is O=C1O[C@@H](CO)[C@@H]2COc3cc(-c4ccc(C5(O)CCCC5)nc4)ccc3N12. The number of carbonyl (C=O) groups excluding carboxylic acids is 1. The van der Waals surface area contributed by atoms with E-state index in [9.17, 15) is 15.0 Å². The summed E-state index contributed by atoms with van der Waals surface area (Å²) < 4.78 is 11.1. The fourth-order valence-electron chi connectivity index (χ4n) is 4.42. The first-order valence-corrected chi connectivity index (χ1v) is 9.66. The van der Waals surface area contributed by atoms with E-state index in [0.29, 0.717) is 11.4 Å². The van der Waals surface area contributed by atoms with E-state index in [1.54, 1.807) is 11.1 Å². The van der Waals surface area contributed by atoms with E-state index in [-0.39, 0.29) is 19.3 Å². The van der Waals surface area contributed by atoms with Gasteiger partial charge in [0, 0.05) is 11.8 Å². The Kier molecular flexibility index (Phi) is 4.03. The van der Waals surface area contributed by atoms with Crippen LogP contribution >= 0.6 is 0 Å². The molecular formula is C21H22N2O5. The van der Waals surface area contributed by atoms with Crippen molar-refractivity contribution < 1.29 is 24.5 Å². The Hall–Kier alpha value is -2.64. The molecule has 2 N–H and O–H groups in total. The highest BCUT2D eigenvalue weighted by Gasteiger charge is 2.46. The number of carbonyl (C=O) groups is 1. The Balaban J connectivity index is 1.43. The summed E-state index contributed by atoms with van der Waals surface area (Å²) >= 11 is 0. The minimum Gasteiger partial charge on any atom is -0.489 e. The number of anilines is 1. The van der Waals surface area contributed by atoms with Crippen LogP contribution in [0.15, 0.2) is 36.5 Å². The number of aliphatic hydroxyl groups is 2.